The smallest absolute Gasteiger partial charge is 0.374 e. The van der Waals surface area contributed by atoms with Crippen molar-refractivity contribution >= 4 is 22.8 Å². The predicted octanol–water partition coefficient (Wildman–Crippen LogP) is 2.29. The first kappa shape index (κ1) is 17.7. The third-order valence-corrected chi connectivity index (χ3v) is 4.47. The van der Waals surface area contributed by atoms with E-state index < -0.39 is 24.0 Å². The van der Waals surface area contributed by atoms with Crippen LogP contribution in [0.15, 0.2) is 39.5 Å². The van der Waals surface area contributed by atoms with E-state index in [1.807, 2.05) is 0 Å². The minimum Gasteiger partial charge on any atom is -0.450 e. The van der Waals surface area contributed by atoms with Crippen molar-refractivity contribution in [1.29, 1.82) is 5.26 Å². The van der Waals surface area contributed by atoms with Crippen LogP contribution in [-0.4, -0.2) is 24.0 Å². The topological polar surface area (TPSA) is 109 Å². The molecule has 1 saturated carbocycles. The second-order valence-corrected chi connectivity index (χ2v) is 6.35. The summed E-state index contributed by atoms with van der Waals surface area (Å²) in [6, 6.07) is 9.74. The maximum atomic E-state index is 12.1. The Balaban J connectivity index is 1.64. The van der Waals surface area contributed by atoms with Gasteiger partial charge in [-0.2, -0.15) is 5.26 Å². The van der Waals surface area contributed by atoms with Crippen molar-refractivity contribution < 1.29 is 18.7 Å². The molecule has 1 heterocycles. The van der Waals surface area contributed by atoms with E-state index in [-0.39, 0.29) is 16.8 Å². The van der Waals surface area contributed by atoms with E-state index in [1.54, 1.807) is 24.3 Å². The number of benzene rings is 1. The fourth-order valence-corrected chi connectivity index (χ4v) is 3.13. The Bertz CT molecular complexity index is 935. The van der Waals surface area contributed by atoms with Crippen molar-refractivity contribution in [2.45, 2.75) is 37.6 Å². The molecule has 26 heavy (non-hydrogen) atoms. The van der Waals surface area contributed by atoms with Gasteiger partial charge in [-0.3, -0.25) is 9.59 Å². The minimum atomic E-state index is -0.905. The molecule has 1 aromatic heterocycles. The maximum absolute atomic E-state index is 12.1. The van der Waals surface area contributed by atoms with Gasteiger partial charge in [-0.25, -0.2) is 4.79 Å². The van der Waals surface area contributed by atoms with Crippen LogP contribution in [0.1, 0.15) is 42.7 Å². The van der Waals surface area contributed by atoms with E-state index >= 15 is 0 Å². The van der Waals surface area contributed by atoms with Crippen molar-refractivity contribution in [2.75, 3.05) is 6.61 Å². The number of esters is 1. The number of ether oxygens (including phenoxy) is 1. The first-order chi connectivity index (χ1) is 12.5. The molecule has 2 aromatic rings. The van der Waals surface area contributed by atoms with Crippen LogP contribution in [0.5, 0.6) is 0 Å². The highest BCUT2D eigenvalue weighted by Crippen LogP contribution is 2.27. The molecule has 7 heteroatoms. The Morgan fingerprint density at radius 1 is 1.23 bits per heavy atom. The van der Waals surface area contributed by atoms with Crippen LogP contribution in [0.25, 0.3) is 11.0 Å². The van der Waals surface area contributed by atoms with Gasteiger partial charge in [0.2, 0.25) is 5.76 Å². The lowest BCUT2D eigenvalue weighted by atomic mass is 9.83. The van der Waals surface area contributed by atoms with Crippen molar-refractivity contribution in [3.63, 3.8) is 0 Å². The maximum Gasteiger partial charge on any atom is 0.374 e. The summed E-state index contributed by atoms with van der Waals surface area (Å²) in [4.78, 5) is 36.1. The van der Waals surface area contributed by atoms with Gasteiger partial charge in [-0.05, 0) is 25.0 Å². The van der Waals surface area contributed by atoms with Gasteiger partial charge in [0, 0.05) is 6.07 Å². The summed E-state index contributed by atoms with van der Waals surface area (Å²) in [5, 5.41) is 12.4. The average Bonchev–Trinajstić information content (AvgIpc) is 2.67. The molecule has 0 unspecified atom stereocenters. The summed E-state index contributed by atoms with van der Waals surface area (Å²) >= 11 is 0. The Labute approximate surface area is 149 Å². The molecule has 0 saturated heterocycles. The lowest BCUT2D eigenvalue weighted by Gasteiger charge is -2.31. The Morgan fingerprint density at radius 3 is 2.69 bits per heavy atom. The Morgan fingerprint density at radius 2 is 1.96 bits per heavy atom. The molecule has 0 bridgehead atoms. The first-order valence-electron chi connectivity index (χ1n) is 8.45. The Kier molecular flexibility index (Phi) is 5.03. The van der Waals surface area contributed by atoms with Crippen LogP contribution < -0.4 is 10.7 Å². The van der Waals surface area contributed by atoms with Crippen molar-refractivity contribution in [1.82, 2.24) is 5.32 Å². The van der Waals surface area contributed by atoms with Crippen LogP contribution >= 0.6 is 0 Å². The van der Waals surface area contributed by atoms with Gasteiger partial charge in [0.25, 0.3) is 5.91 Å². The number of para-hydroxylation sites is 1. The summed E-state index contributed by atoms with van der Waals surface area (Å²) in [5.41, 5.74) is -0.993. The summed E-state index contributed by atoms with van der Waals surface area (Å²) in [6.45, 7) is -0.543. The molecule has 134 valence electrons. The average molecular weight is 354 g/mol. The largest absolute Gasteiger partial charge is 0.450 e. The highest BCUT2D eigenvalue weighted by atomic mass is 16.5. The first-order valence-corrected chi connectivity index (χ1v) is 8.45. The number of fused-ring (bicyclic) bond motifs is 1. The van der Waals surface area contributed by atoms with Gasteiger partial charge in [0.1, 0.15) is 11.1 Å². The van der Waals surface area contributed by atoms with E-state index in [0.717, 1.165) is 25.3 Å². The zero-order chi connectivity index (χ0) is 18.6. The third-order valence-electron chi connectivity index (χ3n) is 4.47. The number of carbonyl (C=O) groups excluding carboxylic acids is 2. The molecule has 0 aliphatic heterocycles. The lowest BCUT2D eigenvalue weighted by Crippen LogP contribution is -2.50. The number of nitrogens with zero attached hydrogens (tertiary/aromatic N) is 1. The van der Waals surface area contributed by atoms with Crippen molar-refractivity contribution in [3.05, 3.63) is 46.3 Å². The molecule has 1 aromatic carbocycles. The summed E-state index contributed by atoms with van der Waals surface area (Å²) in [5.74, 6) is -1.73. The molecule has 0 atom stereocenters. The van der Waals surface area contributed by atoms with Crippen LogP contribution in [0, 0.1) is 11.3 Å². The number of rotatable bonds is 4. The van der Waals surface area contributed by atoms with Crippen LogP contribution in [-0.2, 0) is 9.53 Å². The molecule has 0 spiro atoms. The van der Waals surface area contributed by atoms with E-state index in [2.05, 4.69) is 11.4 Å². The molecule has 7 nitrogen and oxygen atoms in total. The highest BCUT2D eigenvalue weighted by Gasteiger charge is 2.33. The molecular weight excluding hydrogens is 336 g/mol. The monoisotopic (exact) mass is 354 g/mol. The number of hydrogen-bond donors (Lipinski definition) is 1. The van der Waals surface area contributed by atoms with Gasteiger partial charge in [0.15, 0.2) is 12.0 Å². The normalized spacial score (nSPS) is 15.8. The molecule has 1 aliphatic rings. The Hall–Kier alpha value is -3.14. The van der Waals surface area contributed by atoms with Gasteiger partial charge in [0.05, 0.1) is 11.5 Å². The predicted molar refractivity (Wildman–Crippen MR) is 92.3 cm³/mol. The van der Waals surface area contributed by atoms with Gasteiger partial charge >= 0.3 is 5.97 Å². The van der Waals surface area contributed by atoms with Gasteiger partial charge in [-0.1, -0.05) is 31.4 Å². The summed E-state index contributed by atoms with van der Waals surface area (Å²) in [7, 11) is 0. The fraction of sp³-hybridized carbons (Fsp3) is 0.368. The molecule has 0 radical (unpaired) electrons. The quantitative estimate of drug-likeness (QED) is 0.844. The van der Waals surface area contributed by atoms with E-state index in [4.69, 9.17) is 9.15 Å². The van der Waals surface area contributed by atoms with Crippen molar-refractivity contribution in [2.24, 2.45) is 0 Å². The van der Waals surface area contributed by atoms with Crippen molar-refractivity contribution in [3.8, 4) is 6.07 Å². The van der Waals surface area contributed by atoms with E-state index in [9.17, 15) is 19.6 Å². The van der Waals surface area contributed by atoms with Crippen LogP contribution in [0.4, 0.5) is 0 Å². The molecule has 1 fully saturated rings. The second-order valence-electron chi connectivity index (χ2n) is 6.35. The third kappa shape index (κ3) is 3.75. The van der Waals surface area contributed by atoms with Crippen LogP contribution in [0.2, 0.25) is 0 Å². The van der Waals surface area contributed by atoms with Gasteiger partial charge in [-0.15, -0.1) is 0 Å². The lowest BCUT2D eigenvalue weighted by molar-refractivity contribution is -0.126. The molecule has 1 amide bonds. The molecule has 1 N–H and O–H groups in total. The summed E-state index contributed by atoms with van der Waals surface area (Å²) in [6.07, 6.45) is 3.95. The number of nitriles is 1. The summed E-state index contributed by atoms with van der Waals surface area (Å²) < 4.78 is 10.3. The zero-order valence-corrected chi connectivity index (χ0v) is 14.1. The molecule has 3 rings (SSSR count). The second kappa shape index (κ2) is 7.40. The van der Waals surface area contributed by atoms with E-state index in [0.29, 0.717) is 18.2 Å². The highest BCUT2D eigenvalue weighted by molar-refractivity contribution is 5.90. The van der Waals surface area contributed by atoms with E-state index in [1.165, 1.54) is 0 Å². The minimum absolute atomic E-state index is 0.266. The van der Waals surface area contributed by atoms with Gasteiger partial charge < -0.3 is 14.5 Å². The van der Waals surface area contributed by atoms with Crippen LogP contribution in [0.3, 0.4) is 0 Å². The number of hydrogen-bond acceptors (Lipinski definition) is 6. The standard InChI is InChI=1S/C19H18N2O5/c20-12-19(8-4-1-5-9-19)21-17(23)11-25-18(24)16-10-14(22)13-6-2-3-7-15(13)26-16/h2-3,6-7,10H,1,4-5,8-9,11H2,(H,21,23). The number of carbonyl (C=O) groups is 2. The molecule has 1 aliphatic carbocycles. The fourth-order valence-electron chi connectivity index (χ4n) is 3.13. The zero-order valence-electron chi connectivity index (χ0n) is 14.1. The number of amides is 1. The SMILES string of the molecule is N#CC1(NC(=O)COC(=O)c2cc(=O)c3ccccc3o2)CCCCC1. The number of nitrogens with one attached hydrogen (secondary N) is 1. The molecular formula is C19H18N2O5.